The molecule has 0 aliphatic carbocycles. The molecule has 3 rings (SSSR count). The molecule has 0 N–H and O–H groups in total. The molecule has 1 aliphatic heterocycles. The van der Waals surface area contributed by atoms with Crippen LogP contribution in [0.4, 0.5) is 28.9 Å². The quantitative estimate of drug-likeness (QED) is 0.250. The number of amides is 1. The summed E-state index contributed by atoms with van der Waals surface area (Å²) in [6, 6.07) is 9.37. The molecular weight excluding hydrogens is 450 g/mol. The van der Waals surface area contributed by atoms with Gasteiger partial charge in [0.1, 0.15) is 11.5 Å². The lowest BCUT2D eigenvalue weighted by molar-refractivity contribution is -0.384. The highest BCUT2D eigenvalue weighted by Gasteiger charge is 2.21. The van der Waals surface area contributed by atoms with Crippen LogP contribution in [-0.2, 0) is 4.79 Å². The fraction of sp³-hybridized carbons (Fsp3) is 0.286. The zero-order valence-electron chi connectivity index (χ0n) is 17.1. The Morgan fingerprint density at radius 2 is 1.61 bits per heavy atom. The van der Waals surface area contributed by atoms with Gasteiger partial charge in [0, 0.05) is 61.7 Å². The average Bonchev–Trinajstić information content (AvgIpc) is 2.78. The lowest BCUT2D eigenvalue weighted by atomic mass is 10.1. The zero-order valence-corrected chi connectivity index (χ0v) is 17.1. The maximum absolute atomic E-state index is 12.7. The predicted octanol–water partition coefficient (Wildman–Crippen LogP) is 4.16. The summed E-state index contributed by atoms with van der Waals surface area (Å²) < 4.78 is 58.6. The third-order valence-corrected chi connectivity index (χ3v) is 4.85. The van der Waals surface area contributed by atoms with Crippen molar-refractivity contribution in [1.82, 2.24) is 4.90 Å². The molecule has 176 valence electrons. The van der Waals surface area contributed by atoms with Crippen molar-refractivity contribution >= 4 is 23.4 Å². The first-order valence-corrected chi connectivity index (χ1v) is 9.73. The molecule has 2 aromatic rings. The van der Waals surface area contributed by atoms with Crippen LogP contribution in [0.15, 0.2) is 48.5 Å². The molecule has 1 aliphatic rings. The number of carbonyl (C=O) groups excluding carboxylic acids is 1. The number of hydrogen-bond donors (Lipinski definition) is 0. The number of halogens is 4. The lowest BCUT2D eigenvalue weighted by Crippen LogP contribution is -2.48. The first-order valence-electron chi connectivity index (χ1n) is 9.73. The Balaban J connectivity index is 1.62. The topological polar surface area (TPSA) is 85.2 Å². The fourth-order valence-corrected chi connectivity index (χ4v) is 3.26. The Kier molecular flexibility index (Phi) is 7.70. The van der Waals surface area contributed by atoms with Crippen molar-refractivity contribution in [3.8, 4) is 11.5 Å². The molecular formula is C21H19F4N3O5. The number of piperazine rings is 1. The van der Waals surface area contributed by atoms with Crippen molar-refractivity contribution in [1.29, 1.82) is 0 Å². The van der Waals surface area contributed by atoms with Crippen LogP contribution in [-0.4, -0.2) is 55.1 Å². The first-order chi connectivity index (χ1) is 15.7. The van der Waals surface area contributed by atoms with E-state index in [1.807, 2.05) is 4.90 Å². The van der Waals surface area contributed by atoms with E-state index in [-0.39, 0.29) is 22.9 Å². The number of nitro benzene ring substituents is 1. The monoisotopic (exact) mass is 469 g/mol. The largest absolute Gasteiger partial charge is 0.435 e. The van der Waals surface area contributed by atoms with Gasteiger partial charge in [0.2, 0.25) is 5.91 Å². The fourth-order valence-electron chi connectivity index (χ4n) is 3.26. The van der Waals surface area contributed by atoms with E-state index in [1.54, 1.807) is 17.0 Å². The number of benzene rings is 2. The molecule has 0 spiro atoms. The first kappa shape index (κ1) is 23.8. The van der Waals surface area contributed by atoms with Crippen LogP contribution in [0.2, 0.25) is 0 Å². The summed E-state index contributed by atoms with van der Waals surface area (Å²) in [5.74, 6) is -1.13. The predicted molar refractivity (Wildman–Crippen MR) is 111 cm³/mol. The highest BCUT2D eigenvalue weighted by atomic mass is 19.3. The molecule has 0 aromatic heterocycles. The lowest BCUT2D eigenvalue weighted by Gasteiger charge is -2.35. The molecule has 0 atom stereocenters. The van der Waals surface area contributed by atoms with Gasteiger partial charge in [-0.25, -0.2) is 0 Å². The highest BCUT2D eigenvalue weighted by molar-refractivity contribution is 5.92. The van der Waals surface area contributed by atoms with Crippen LogP contribution in [0.5, 0.6) is 11.5 Å². The van der Waals surface area contributed by atoms with Gasteiger partial charge in [0.25, 0.3) is 5.69 Å². The number of nitro groups is 1. The van der Waals surface area contributed by atoms with E-state index in [9.17, 15) is 32.5 Å². The van der Waals surface area contributed by atoms with E-state index in [0.717, 1.165) is 17.8 Å². The molecule has 12 heteroatoms. The molecule has 2 aromatic carbocycles. The number of hydrogen-bond acceptors (Lipinski definition) is 6. The Morgan fingerprint density at radius 1 is 0.970 bits per heavy atom. The van der Waals surface area contributed by atoms with Crippen LogP contribution in [0, 0.1) is 10.1 Å². The molecule has 0 saturated carbocycles. The molecule has 1 amide bonds. The Hall–Kier alpha value is -3.83. The maximum atomic E-state index is 12.7. The summed E-state index contributed by atoms with van der Waals surface area (Å²) in [5, 5.41) is 10.8. The van der Waals surface area contributed by atoms with Crippen molar-refractivity contribution in [2.24, 2.45) is 0 Å². The van der Waals surface area contributed by atoms with E-state index in [0.29, 0.717) is 26.2 Å². The molecule has 1 saturated heterocycles. The standard InChI is InChI=1S/C21H19F4N3O5/c22-20(23)32-17-7-1-14(18(13-17)33-21(24)25)2-8-19(29)27-11-9-26(10-12-27)15-3-5-16(6-4-15)28(30)31/h1-8,13,20-21H,9-12H2/b8-2+. The summed E-state index contributed by atoms with van der Waals surface area (Å²) >= 11 is 0. The summed E-state index contributed by atoms with van der Waals surface area (Å²) in [4.78, 5) is 26.3. The second-order valence-corrected chi connectivity index (χ2v) is 6.88. The van der Waals surface area contributed by atoms with E-state index in [2.05, 4.69) is 9.47 Å². The number of nitrogens with zero attached hydrogens (tertiary/aromatic N) is 3. The molecule has 1 fully saturated rings. The number of anilines is 1. The summed E-state index contributed by atoms with van der Waals surface area (Å²) in [6.45, 7) is -4.57. The van der Waals surface area contributed by atoms with Crippen molar-refractivity contribution in [2.45, 2.75) is 13.2 Å². The third-order valence-electron chi connectivity index (χ3n) is 4.85. The molecule has 33 heavy (non-hydrogen) atoms. The minimum absolute atomic E-state index is 0.0123. The van der Waals surface area contributed by atoms with Crippen LogP contribution >= 0.6 is 0 Å². The number of carbonyl (C=O) groups is 1. The highest BCUT2D eigenvalue weighted by Crippen LogP contribution is 2.28. The minimum atomic E-state index is -3.19. The molecule has 1 heterocycles. The van der Waals surface area contributed by atoms with Gasteiger partial charge in [0.15, 0.2) is 0 Å². The number of ether oxygens (including phenoxy) is 2. The van der Waals surface area contributed by atoms with Gasteiger partial charge >= 0.3 is 13.2 Å². The van der Waals surface area contributed by atoms with Crippen LogP contribution in [0.3, 0.4) is 0 Å². The van der Waals surface area contributed by atoms with Gasteiger partial charge < -0.3 is 19.3 Å². The van der Waals surface area contributed by atoms with Gasteiger partial charge in [-0.2, -0.15) is 17.6 Å². The van der Waals surface area contributed by atoms with E-state index < -0.39 is 23.9 Å². The summed E-state index contributed by atoms with van der Waals surface area (Å²) in [7, 11) is 0. The van der Waals surface area contributed by atoms with Crippen LogP contribution in [0.25, 0.3) is 6.08 Å². The van der Waals surface area contributed by atoms with E-state index >= 15 is 0 Å². The van der Waals surface area contributed by atoms with Gasteiger partial charge in [-0.3, -0.25) is 14.9 Å². The second-order valence-electron chi connectivity index (χ2n) is 6.88. The molecule has 8 nitrogen and oxygen atoms in total. The van der Waals surface area contributed by atoms with Gasteiger partial charge in [0.05, 0.1) is 4.92 Å². The second kappa shape index (κ2) is 10.7. The van der Waals surface area contributed by atoms with E-state index in [1.165, 1.54) is 30.4 Å². The smallest absolute Gasteiger partial charge is 0.387 e. The van der Waals surface area contributed by atoms with Crippen molar-refractivity contribution in [2.75, 3.05) is 31.1 Å². The Bertz CT molecular complexity index is 1010. The molecule has 0 bridgehead atoms. The van der Waals surface area contributed by atoms with Crippen molar-refractivity contribution in [3.05, 3.63) is 64.2 Å². The van der Waals surface area contributed by atoms with Crippen molar-refractivity contribution < 1.29 is 36.8 Å². The van der Waals surface area contributed by atoms with Crippen LogP contribution in [0.1, 0.15) is 5.56 Å². The van der Waals surface area contributed by atoms with Gasteiger partial charge in [-0.15, -0.1) is 0 Å². The SMILES string of the molecule is O=C(/C=C/c1ccc(OC(F)F)cc1OC(F)F)N1CCN(c2ccc([N+](=O)[O-])cc2)CC1. The Morgan fingerprint density at radius 3 is 2.18 bits per heavy atom. The van der Waals surface area contributed by atoms with Gasteiger partial charge in [-0.1, -0.05) is 0 Å². The van der Waals surface area contributed by atoms with Crippen molar-refractivity contribution in [3.63, 3.8) is 0 Å². The Labute approximate surface area is 185 Å². The third kappa shape index (κ3) is 6.57. The number of rotatable bonds is 8. The van der Waals surface area contributed by atoms with Gasteiger partial charge in [-0.05, 0) is 30.3 Å². The average molecular weight is 469 g/mol. The maximum Gasteiger partial charge on any atom is 0.387 e. The molecule has 0 unspecified atom stereocenters. The number of non-ortho nitro benzene ring substituents is 1. The zero-order chi connectivity index (χ0) is 24.0. The number of alkyl halides is 4. The molecule has 0 radical (unpaired) electrons. The van der Waals surface area contributed by atoms with Crippen LogP contribution < -0.4 is 14.4 Å². The minimum Gasteiger partial charge on any atom is -0.435 e. The summed E-state index contributed by atoms with van der Waals surface area (Å²) in [6.07, 6.45) is 2.44. The van der Waals surface area contributed by atoms with E-state index in [4.69, 9.17) is 0 Å². The normalized spacial score (nSPS) is 14.2. The summed E-state index contributed by atoms with van der Waals surface area (Å²) in [5.41, 5.74) is 0.875.